The molecule has 1 saturated carbocycles. The van der Waals surface area contributed by atoms with Crippen LogP contribution in [-0.2, 0) is 21.2 Å². The van der Waals surface area contributed by atoms with Crippen LogP contribution in [0.15, 0.2) is 53.4 Å². The standard InChI is InChI=1S/C22H27ClN2O4S/c1-2-29-21-13-12-18(15-19(21)23)30(27,28)25-20(14-16-8-4-3-5-9-16)22(26)24-17-10-6-7-11-17/h3-5,8-9,12-13,15,17,20,25H,2,6-7,10-11,14H2,1H3,(H,24,26). The van der Waals surface area contributed by atoms with Crippen LogP contribution in [0.2, 0.25) is 5.02 Å². The fourth-order valence-electron chi connectivity index (χ4n) is 3.59. The molecular weight excluding hydrogens is 424 g/mol. The van der Waals surface area contributed by atoms with Crippen molar-refractivity contribution in [2.75, 3.05) is 6.61 Å². The smallest absolute Gasteiger partial charge is 0.241 e. The maximum Gasteiger partial charge on any atom is 0.241 e. The molecule has 0 bridgehead atoms. The van der Waals surface area contributed by atoms with E-state index in [1.165, 1.54) is 18.2 Å². The lowest BCUT2D eigenvalue weighted by molar-refractivity contribution is -0.123. The summed E-state index contributed by atoms with van der Waals surface area (Å²) in [6.45, 7) is 2.24. The van der Waals surface area contributed by atoms with Crippen LogP contribution in [0.4, 0.5) is 0 Å². The second kappa shape index (κ2) is 10.3. The van der Waals surface area contributed by atoms with Gasteiger partial charge in [-0.05, 0) is 49.9 Å². The number of rotatable bonds is 9. The van der Waals surface area contributed by atoms with Gasteiger partial charge in [-0.25, -0.2) is 8.42 Å². The van der Waals surface area contributed by atoms with Crippen molar-refractivity contribution in [2.45, 2.75) is 56.0 Å². The average Bonchev–Trinajstić information content (AvgIpc) is 3.23. The molecule has 3 rings (SSSR count). The number of halogens is 1. The van der Waals surface area contributed by atoms with E-state index >= 15 is 0 Å². The summed E-state index contributed by atoms with van der Waals surface area (Å²) in [6.07, 6.45) is 4.24. The number of sulfonamides is 1. The highest BCUT2D eigenvalue weighted by atomic mass is 35.5. The summed E-state index contributed by atoms with van der Waals surface area (Å²) in [5.41, 5.74) is 0.872. The third-order valence-corrected chi connectivity index (χ3v) is 6.88. The van der Waals surface area contributed by atoms with E-state index in [-0.39, 0.29) is 28.3 Å². The number of hydrogen-bond acceptors (Lipinski definition) is 4. The quantitative estimate of drug-likeness (QED) is 0.610. The van der Waals surface area contributed by atoms with Gasteiger partial charge in [-0.15, -0.1) is 0 Å². The van der Waals surface area contributed by atoms with Crippen molar-refractivity contribution in [3.05, 3.63) is 59.1 Å². The minimum absolute atomic E-state index is 0.0114. The largest absolute Gasteiger partial charge is 0.492 e. The Morgan fingerprint density at radius 1 is 1.17 bits per heavy atom. The van der Waals surface area contributed by atoms with Crippen LogP contribution in [0.5, 0.6) is 5.75 Å². The molecule has 8 heteroatoms. The van der Waals surface area contributed by atoms with Gasteiger partial charge >= 0.3 is 0 Å². The molecule has 0 radical (unpaired) electrons. The molecule has 2 N–H and O–H groups in total. The van der Waals surface area contributed by atoms with E-state index in [4.69, 9.17) is 16.3 Å². The van der Waals surface area contributed by atoms with Crippen LogP contribution in [0, 0.1) is 0 Å². The van der Waals surface area contributed by atoms with Crippen LogP contribution in [0.25, 0.3) is 0 Å². The van der Waals surface area contributed by atoms with Crippen molar-refractivity contribution in [1.29, 1.82) is 0 Å². The summed E-state index contributed by atoms with van der Waals surface area (Å²) >= 11 is 6.16. The van der Waals surface area contributed by atoms with E-state index in [0.717, 1.165) is 31.2 Å². The maximum absolute atomic E-state index is 13.0. The number of benzene rings is 2. The highest BCUT2D eigenvalue weighted by Gasteiger charge is 2.28. The topological polar surface area (TPSA) is 84.5 Å². The third-order valence-electron chi connectivity index (χ3n) is 5.11. The average molecular weight is 451 g/mol. The fourth-order valence-corrected chi connectivity index (χ4v) is 5.11. The summed E-state index contributed by atoms with van der Waals surface area (Å²) in [6, 6.07) is 12.8. The van der Waals surface area contributed by atoms with Gasteiger partial charge in [0, 0.05) is 6.04 Å². The molecule has 2 aromatic carbocycles. The Bertz CT molecular complexity index is 960. The first-order valence-corrected chi connectivity index (χ1v) is 12.0. The molecule has 1 amide bonds. The molecule has 0 aliphatic heterocycles. The number of carbonyl (C=O) groups excluding carboxylic acids is 1. The van der Waals surface area contributed by atoms with Crippen LogP contribution in [0.1, 0.15) is 38.2 Å². The van der Waals surface area contributed by atoms with Gasteiger partial charge < -0.3 is 10.1 Å². The summed E-state index contributed by atoms with van der Waals surface area (Å²) in [5, 5.41) is 3.20. The minimum Gasteiger partial charge on any atom is -0.492 e. The van der Waals surface area contributed by atoms with Gasteiger partial charge in [0.05, 0.1) is 16.5 Å². The lowest BCUT2D eigenvalue weighted by Gasteiger charge is -2.21. The predicted octanol–water partition coefficient (Wildman–Crippen LogP) is 3.69. The highest BCUT2D eigenvalue weighted by molar-refractivity contribution is 7.89. The molecule has 1 fully saturated rings. The monoisotopic (exact) mass is 450 g/mol. The number of hydrogen-bond donors (Lipinski definition) is 2. The first-order chi connectivity index (χ1) is 14.4. The first kappa shape index (κ1) is 22.6. The van der Waals surface area contributed by atoms with Crippen LogP contribution >= 0.6 is 11.6 Å². The number of amides is 1. The second-order valence-electron chi connectivity index (χ2n) is 7.38. The predicted molar refractivity (Wildman–Crippen MR) is 117 cm³/mol. The van der Waals surface area contributed by atoms with Gasteiger partial charge in [0.2, 0.25) is 15.9 Å². The molecule has 1 aliphatic carbocycles. The van der Waals surface area contributed by atoms with Crippen molar-refractivity contribution in [2.24, 2.45) is 0 Å². The minimum atomic E-state index is -3.96. The molecular formula is C22H27ClN2O4S. The Morgan fingerprint density at radius 2 is 1.87 bits per heavy atom. The molecule has 1 atom stereocenters. The Balaban J connectivity index is 1.81. The van der Waals surface area contributed by atoms with Gasteiger partial charge in [-0.2, -0.15) is 4.72 Å². The van der Waals surface area contributed by atoms with Gasteiger partial charge in [-0.1, -0.05) is 54.8 Å². The summed E-state index contributed by atoms with van der Waals surface area (Å²) in [5.74, 6) is 0.101. The molecule has 0 saturated heterocycles. The van der Waals surface area contributed by atoms with Crippen molar-refractivity contribution in [3.63, 3.8) is 0 Å². The maximum atomic E-state index is 13.0. The Morgan fingerprint density at radius 3 is 2.50 bits per heavy atom. The summed E-state index contributed by atoms with van der Waals surface area (Å²) in [4.78, 5) is 12.9. The van der Waals surface area contributed by atoms with E-state index in [9.17, 15) is 13.2 Å². The Kier molecular flexibility index (Phi) is 7.75. The zero-order chi connectivity index (χ0) is 21.6. The molecule has 162 valence electrons. The van der Waals surface area contributed by atoms with Crippen molar-refractivity contribution in [1.82, 2.24) is 10.0 Å². The van der Waals surface area contributed by atoms with Gasteiger partial charge in [0.1, 0.15) is 11.8 Å². The molecule has 2 aromatic rings. The van der Waals surface area contributed by atoms with Gasteiger partial charge in [0.25, 0.3) is 0 Å². The molecule has 1 unspecified atom stereocenters. The lowest BCUT2D eigenvalue weighted by Crippen LogP contribution is -2.50. The van der Waals surface area contributed by atoms with Crippen LogP contribution in [0.3, 0.4) is 0 Å². The molecule has 30 heavy (non-hydrogen) atoms. The highest BCUT2D eigenvalue weighted by Crippen LogP contribution is 2.27. The molecule has 1 aliphatic rings. The zero-order valence-electron chi connectivity index (χ0n) is 16.9. The van der Waals surface area contributed by atoms with E-state index < -0.39 is 16.1 Å². The number of nitrogens with one attached hydrogen (secondary N) is 2. The lowest BCUT2D eigenvalue weighted by atomic mass is 10.1. The summed E-state index contributed by atoms with van der Waals surface area (Å²) < 4.78 is 33.9. The molecule has 0 aromatic heterocycles. The second-order valence-corrected chi connectivity index (χ2v) is 9.50. The number of ether oxygens (including phenoxy) is 1. The van der Waals surface area contributed by atoms with E-state index in [2.05, 4.69) is 10.0 Å². The Hall–Kier alpha value is -2.09. The fraction of sp³-hybridized carbons (Fsp3) is 0.409. The number of carbonyl (C=O) groups is 1. The molecule has 0 heterocycles. The van der Waals surface area contributed by atoms with Crippen molar-refractivity contribution in [3.8, 4) is 5.75 Å². The van der Waals surface area contributed by atoms with Gasteiger partial charge in [-0.3, -0.25) is 4.79 Å². The van der Waals surface area contributed by atoms with E-state index in [0.29, 0.717) is 12.4 Å². The SMILES string of the molecule is CCOc1ccc(S(=O)(=O)NC(Cc2ccccc2)C(=O)NC2CCCC2)cc1Cl. The summed E-state index contributed by atoms with van der Waals surface area (Å²) in [7, 11) is -3.96. The van der Waals surface area contributed by atoms with Crippen LogP contribution < -0.4 is 14.8 Å². The van der Waals surface area contributed by atoms with E-state index in [1.54, 1.807) is 0 Å². The third kappa shape index (κ3) is 5.97. The van der Waals surface area contributed by atoms with Crippen LogP contribution in [-0.4, -0.2) is 33.0 Å². The van der Waals surface area contributed by atoms with Crippen molar-refractivity contribution < 1.29 is 17.9 Å². The van der Waals surface area contributed by atoms with Crippen molar-refractivity contribution >= 4 is 27.5 Å². The Labute approximate surface area is 183 Å². The van der Waals surface area contributed by atoms with E-state index in [1.807, 2.05) is 37.3 Å². The van der Waals surface area contributed by atoms with Gasteiger partial charge in [0.15, 0.2) is 0 Å². The molecule has 0 spiro atoms. The first-order valence-electron chi connectivity index (χ1n) is 10.2. The molecule has 6 nitrogen and oxygen atoms in total. The normalized spacial score (nSPS) is 15.7. The zero-order valence-corrected chi connectivity index (χ0v) is 18.5.